The predicted molar refractivity (Wildman–Crippen MR) is 210 cm³/mol. The highest BCUT2D eigenvalue weighted by molar-refractivity contribution is 6.25. The van der Waals surface area contributed by atoms with Crippen LogP contribution in [0.3, 0.4) is 0 Å². The van der Waals surface area contributed by atoms with Crippen molar-refractivity contribution in [3.8, 4) is 45.3 Å². The van der Waals surface area contributed by atoms with Crippen molar-refractivity contribution >= 4 is 32.3 Å². The molecule has 2 fully saturated rings. The predicted octanol–water partition coefficient (Wildman–Crippen LogP) is 12.4. The minimum Gasteiger partial charge on any atom is -0.208 e. The maximum Gasteiger partial charge on any atom is 0.164 e. The lowest BCUT2D eigenvalue weighted by Gasteiger charge is -2.38. The van der Waals surface area contributed by atoms with Gasteiger partial charge in [0.1, 0.15) is 0 Å². The Morgan fingerprint density at radius 2 is 0.784 bits per heavy atom. The van der Waals surface area contributed by atoms with Crippen molar-refractivity contribution in [1.29, 1.82) is 0 Å². The zero-order chi connectivity index (χ0) is 33.5. The van der Waals surface area contributed by atoms with Gasteiger partial charge in [0, 0.05) is 16.7 Å². The standard InChI is InChI=1S/C48H37N3/c1-2-9-31(10-3-1)32-11-8-12-33(26-32)46-49-47(34-17-19-38-36-22-29-21-30(23-36)25-37(24-29)44(38)27-34)51-48(50-46)35-18-20-43-41-15-5-4-13-39(41)40-14-6-7-16-42(40)45(43)28-35/h1-20,26-30,36-37H,21-25H2. The first-order valence-corrected chi connectivity index (χ1v) is 18.6. The fourth-order valence-electron chi connectivity index (χ4n) is 10.1. The highest BCUT2D eigenvalue weighted by Crippen LogP contribution is 2.56. The minimum absolute atomic E-state index is 0.656. The van der Waals surface area contributed by atoms with Crippen molar-refractivity contribution in [2.45, 2.75) is 43.9 Å². The van der Waals surface area contributed by atoms with Crippen LogP contribution >= 0.6 is 0 Å². The highest BCUT2D eigenvalue weighted by Gasteiger charge is 2.42. The van der Waals surface area contributed by atoms with Crippen molar-refractivity contribution in [3.63, 3.8) is 0 Å². The van der Waals surface area contributed by atoms with E-state index in [0.29, 0.717) is 23.5 Å². The van der Waals surface area contributed by atoms with Crippen molar-refractivity contribution < 1.29 is 0 Å². The number of hydrogen-bond donors (Lipinski definition) is 0. The van der Waals surface area contributed by atoms with Gasteiger partial charge in [0.2, 0.25) is 0 Å². The van der Waals surface area contributed by atoms with E-state index < -0.39 is 0 Å². The maximum atomic E-state index is 5.29. The average molecular weight is 656 g/mol. The van der Waals surface area contributed by atoms with Crippen LogP contribution in [-0.4, -0.2) is 15.0 Å². The molecule has 1 aromatic heterocycles. The molecule has 2 unspecified atom stereocenters. The smallest absolute Gasteiger partial charge is 0.164 e. The van der Waals surface area contributed by atoms with Crippen molar-refractivity contribution in [2.75, 3.05) is 0 Å². The highest BCUT2D eigenvalue weighted by atomic mass is 15.0. The summed E-state index contributed by atoms with van der Waals surface area (Å²) in [5.74, 6) is 5.28. The van der Waals surface area contributed by atoms with Crippen molar-refractivity contribution in [3.05, 3.63) is 151 Å². The fourth-order valence-corrected chi connectivity index (χ4v) is 10.1. The van der Waals surface area contributed by atoms with Crippen molar-refractivity contribution in [2.24, 2.45) is 11.8 Å². The van der Waals surface area contributed by atoms with Crippen LogP contribution in [0.2, 0.25) is 0 Å². The summed E-state index contributed by atoms with van der Waals surface area (Å²) in [6.07, 6.45) is 6.84. The summed E-state index contributed by atoms with van der Waals surface area (Å²) in [7, 11) is 0. The molecule has 0 spiro atoms. The van der Waals surface area contributed by atoms with Crippen LogP contribution in [0.15, 0.2) is 140 Å². The number of benzene rings is 7. The molecule has 8 aromatic rings. The van der Waals surface area contributed by atoms with E-state index in [1.807, 2.05) is 0 Å². The van der Waals surface area contributed by atoms with Gasteiger partial charge in [-0.2, -0.15) is 0 Å². The summed E-state index contributed by atoms with van der Waals surface area (Å²) in [5.41, 5.74) is 8.56. The summed E-state index contributed by atoms with van der Waals surface area (Å²) in [4.78, 5) is 15.8. The first kappa shape index (κ1) is 29.1. The topological polar surface area (TPSA) is 38.7 Å². The Bertz CT molecular complexity index is 2610. The van der Waals surface area contributed by atoms with Crippen LogP contribution in [-0.2, 0) is 0 Å². The lowest BCUT2D eigenvalue weighted by molar-refractivity contribution is 0.166. The van der Waals surface area contributed by atoms with Crippen LogP contribution in [0.4, 0.5) is 0 Å². The quantitative estimate of drug-likeness (QED) is 0.177. The molecular weight excluding hydrogens is 619 g/mol. The molecule has 51 heavy (non-hydrogen) atoms. The molecule has 0 radical (unpaired) electrons. The summed E-state index contributed by atoms with van der Waals surface area (Å²) in [6.45, 7) is 0. The number of hydrogen-bond acceptors (Lipinski definition) is 3. The lowest BCUT2D eigenvalue weighted by atomic mass is 9.67. The fraction of sp³-hybridized carbons (Fsp3) is 0.188. The van der Waals surface area contributed by atoms with Gasteiger partial charge in [0.15, 0.2) is 17.5 Å². The van der Waals surface area contributed by atoms with E-state index in [4.69, 9.17) is 15.0 Å². The number of fused-ring (bicyclic) bond motifs is 6. The summed E-state index contributed by atoms with van der Waals surface area (Å²) < 4.78 is 0. The SMILES string of the molecule is c1ccc(-c2cccc(-c3nc(-c4ccc5c(c4)C4CC6CC(CC5C6)C4)nc(-c4ccc5c6ccccc6c6ccccc6c5c4)n3)c2)cc1. The van der Waals surface area contributed by atoms with Crippen molar-refractivity contribution in [1.82, 2.24) is 15.0 Å². The largest absolute Gasteiger partial charge is 0.208 e. The Hall–Kier alpha value is -5.67. The molecule has 4 bridgehead atoms. The van der Waals surface area contributed by atoms with Gasteiger partial charge in [0.05, 0.1) is 0 Å². The molecule has 0 N–H and O–H groups in total. The van der Waals surface area contributed by atoms with Crippen LogP contribution < -0.4 is 0 Å². The van der Waals surface area contributed by atoms with Crippen LogP contribution in [0.1, 0.15) is 55.1 Å². The molecule has 0 saturated heterocycles. The van der Waals surface area contributed by atoms with Gasteiger partial charge in [0.25, 0.3) is 0 Å². The third-order valence-electron chi connectivity index (χ3n) is 12.2. The van der Waals surface area contributed by atoms with Gasteiger partial charge in [-0.05, 0) is 129 Å². The van der Waals surface area contributed by atoms with E-state index in [1.54, 1.807) is 11.1 Å². The summed E-state index contributed by atoms with van der Waals surface area (Å²) in [5, 5.41) is 7.51. The second-order valence-electron chi connectivity index (χ2n) is 15.3. The van der Waals surface area contributed by atoms with E-state index in [2.05, 4.69) is 140 Å². The van der Waals surface area contributed by atoms with Gasteiger partial charge in [-0.1, -0.05) is 121 Å². The van der Waals surface area contributed by atoms with E-state index in [9.17, 15) is 0 Å². The van der Waals surface area contributed by atoms with E-state index in [-0.39, 0.29) is 0 Å². The molecule has 2 saturated carbocycles. The van der Waals surface area contributed by atoms with E-state index >= 15 is 0 Å². The molecule has 244 valence electrons. The van der Waals surface area contributed by atoms with Crippen LogP contribution in [0.25, 0.3) is 77.6 Å². The van der Waals surface area contributed by atoms with Gasteiger partial charge in [-0.25, -0.2) is 15.0 Å². The third kappa shape index (κ3) is 4.82. The maximum absolute atomic E-state index is 5.29. The minimum atomic E-state index is 0.656. The Labute approximate surface area is 298 Å². The normalized spacial score (nSPS) is 20.5. The molecule has 0 amide bonds. The summed E-state index contributed by atoms with van der Waals surface area (Å²) in [6, 6.07) is 50.5. The molecule has 2 atom stereocenters. The second kappa shape index (κ2) is 11.4. The van der Waals surface area contributed by atoms with Gasteiger partial charge in [-0.3, -0.25) is 0 Å². The van der Waals surface area contributed by atoms with E-state index in [0.717, 1.165) is 39.9 Å². The molecule has 4 aliphatic carbocycles. The Kier molecular flexibility index (Phi) is 6.52. The second-order valence-corrected chi connectivity index (χ2v) is 15.3. The number of aromatic nitrogens is 3. The average Bonchev–Trinajstić information content (AvgIpc) is 3.37. The van der Waals surface area contributed by atoms with Gasteiger partial charge in [-0.15, -0.1) is 0 Å². The molecule has 7 aromatic carbocycles. The number of rotatable bonds is 4. The van der Waals surface area contributed by atoms with Gasteiger partial charge < -0.3 is 0 Å². The molecule has 3 heteroatoms. The monoisotopic (exact) mass is 655 g/mol. The first-order chi connectivity index (χ1) is 25.2. The lowest BCUT2D eigenvalue weighted by Crippen LogP contribution is -2.25. The Morgan fingerprint density at radius 3 is 1.43 bits per heavy atom. The van der Waals surface area contributed by atoms with Crippen LogP contribution in [0.5, 0.6) is 0 Å². The third-order valence-corrected chi connectivity index (χ3v) is 12.2. The van der Waals surface area contributed by atoms with Gasteiger partial charge >= 0.3 is 0 Å². The molecule has 3 nitrogen and oxygen atoms in total. The molecular formula is C48H37N3. The zero-order valence-corrected chi connectivity index (χ0v) is 28.5. The van der Waals surface area contributed by atoms with Crippen LogP contribution in [0, 0.1) is 11.8 Å². The molecule has 1 heterocycles. The Balaban J connectivity index is 1.11. The summed E-state index contributed by atoms with van der Waals surface area (Å²) >= 11 is 0. The Morgan fingerprint density at radius 1 is 0.314 bits per heavy atom. The zero-order valence-electron chi connectivity index (χ0n) is 28.5. The molecule has 4 aliphatic rings. The van der Waals surface area contributed by atoms with E-state index in [1.165, 1.54) is 70.0 Å². The number of nitrogens with zero attached hydrogens (tertiary/aromatic N) is 3. The molecule has 12 rings (SSSR count). The molecule has 0 aliphatic heterocycles. The first-order valence-electron chi connectivity index (χ1n) is 18.6.